The molecule has 174 valence electrons. The molecule has 0 aromatic heterocycles. The first-order valence-corrected chi connectivity index (χ1v) is 12.4. The van der Waals surface area contributed by atoms with Crippen LogP contribution in [0.5, 0.6) is 5.75 Å². The highest BCUT2D eigenvalue weighted by Crippen LogP contribution is 2.19. The summed E-state index contributed by atoms with van der Waals surface area (Å²) in [4.78, 5) is 15.1. The Morgan fingerprint density at radius 3 is 2.44 bits per heavy atom. The number of rotatable bonds is 9. The zero-order valence-corrected chi connectivity index (χ0v) is 19.9. The fraction of sp³-hybridized carbons (Fsp3) is 0.458. The van der Waals surface area contributed by atoms with E-state index in [9.17, 15) is 13.2 Å². The number of carbonyl (C=O) groups excluding carboxylic acids is 1. The third-order valence-electron chi connectivity index (χ3n) is 5.62. The molecule has 1 amide bonds. The minimum Gasteiger partial charge on any atom is -0.492 e. The maximum absolute atomic E-state index is 12.4. The van der Waals surface area contributed by atoms with Crippen molar-refractivity contribution in [2.24, 2.45) is 5.92 Å². The van der Waals surface area contributed by atoms with Crippen LogP contribution in [0.3, 0.4) is 0 Å². The van der Waals surface area contributed by atoms with Gasteiger partial charge in [0.15, 0.2) is 0 Å². The third-order valence-corrected chi connectivity index (χ3v) is 7.45. The van der Waals surface area contributed by atoms with Gasteiger partial charge in [0.2, 0.25) is 10.0 Å². The average Bonchev–Trinajstić information content (AvgIpc) is 2.77. The smallest absolute Gasteiger partial charge is 0.251 e. The summed E-state index contributed by atoms with van der Waals surface area (Å²) in [5.74, 6) is 1.16. The van der Waals surface area contributed by atoms with Gasteiger partial charge < -0.3 is 10.1 Å². The second-order valence-corrected chi connectivity index (χ2v) is 10.7. The molecule has 1 aliphatic heterocycles. The van der Waals surface area contributed by atoms with Crippen molar-refractivity contribution in [3.05, 3.63) is 59.7 Å². The highest BCUT2D eigenvalue weighted by atomic mass is 32.2. The van der Waals surface area contributed by atoms with Gasteiger partial charge in [-0.15, -0.1) is 0 Å². The molecule has 0 bridgehead atoms. The SMILES string of the molecule is C[C@H]1CCCN(Cc2ccc(C(=O)NCCOc3ccc(S(=O)(=O)N(C)C)cc3)cc2)C1. The van der Waals surface area contributed by atoms with E-state index in [0.717, 1.165) is 25.6 Å². The molecule has 1 heterocycles. The number of hydrogen-bond acceptors (Lipinski definition) is 5. The molecular weight excluding hydrogens is 426 g/mol. The van der Waals surface area contributed by atoms with Crippen LogP contribution in [0.4, 0.5) is 0 Å². The number of likely N-dealkylation sites (tertiary alicyclic amines) is 1. The van der Waals surface area contributed by atoms with Crippen LogP contribution in [0.2, 0.25) is 0 Å². The van der Waals surface area contributed by atoms with E-state index in [1.807, 2.05) is 24.3 Å². The molecule has 0 unspecified atom stereocenters. The molecule has 0 spiro atoms. The van der Waals surface area contributed by atoms with Gasteiger partial charge in [0.1, 0.15) is 12.4 Å². The lowest BCUT2D eigenvalue weighted by molar-refractivity contribution is 0.0947. The molecule has 1 aliphatic rings. The van der Waals surface area contributed by atoms with E-state index in [1.165, 1.54) is 48.9 Å². The number of hydrogen-bond donors (Lipinski definition) is 1. The number of ether oxygens (including phenoxy) is 1. The molecule has 0 radical (unpaired) electrons. The van der Waals surface area contributed by atoms with Crippen molar-refractivity contribution in [1.82, 2.24) is 14.5 Å². The van der Waals surface area contributed by atoms with E-state index < -0.39 is 10.0 Å². The Hall–Kier alpha value is -2.42. The summed E-state index contributed by atoms with van der Waals surface area (Å²) in [7, 11) is -0.474. The predicted molar refractivity (Wildman–Crippen MR) is 125 cm³/mol. The zero-order valence-electron chi connectivity index (χ0n) is 19.1. The molecule has 1 fully saturated rings. The monoisotopic (exact) mass is 459 g/mol. The Balaban J connectivity index is 1.42. The fourth-order valence-corrected chi connectivity index (χ4v) is 4.71. The number of sulfonamides is 1. The van der Waals surface area contributed by atoms with Crippen molar-refractivity contribution in [2.75, 3.05) is 40.3 Å². The van der Waals surface area contributed by atoms with Crippen LogP contribution in [-0.4, -0.2) is 63.9 Å². The molecule has 32 heavy (non-hydrogen) atoms. The Bertz CT molecular complexity index is 989. The summed E-state index contributed by atoms with van der Waals surface area (Å²) in [5.41, 5.74) is 1.85. The first-order chi connectivity index (χ1) is 15.3. The van der Waals surface area contributed by atoms with Crippen LogP contribution in [0.15, 0.2) is 53.4 Å². The Morgan fingerprint density at radius 2 is 1.81 bits per heavy atom. The minimum absolute atomic E-state index is 0.140. The number of carbonyl (C=O) groups is 1. The van der Waals surface area contributed by atoms with Gasteiger partial charge in [-0.3, -0.25) is 9.69 Å². The molecule has 8 heteroatoms. The molecule has 1 atom stereocenters. The van der Waals surface area contributed by atoms with Crippen molar-refractivity contribution in [1.29, 1.82) is 0 Å². The van der Waals surface area contributed by atoms with Gasteiger partial charge in [-0.05, 0) is 67.3 Å². The quantitative estimate of drug-likeness (QED) is 0.584. The van der Waals surface area contributed by atoms with Crippen LogP contribution < -0.4 is 10.1 Å². The van der Waals surface area contributed by atoms with Gasteiger partial charge >= 0.3 is 0 Å². The first-order valence-electron chi connectivity index (χ1n) is 11.0. The van der Waals surface area contributed by atoms with Crippen LogP contribution >= 0.6 is 0 Å². The number of piperidine rings is 1. The third kappa shape index (κ3) is 6.54. The van der Waals surface area contributed by atoms with Crippen LogP contribution in [0.25, 0.3) is 0 Å². The normalized spacial score (nSPS) is 17.3. The summed E-state index contributed by atoms with van der Waals surface area (Å²) >= 11 is 0. The predicted octanol–water partition coefficient (Wildman–Crippen LogP) is 2.98. The molecule has 2 aromatic rings. The minimum atomic E-state index is -3.46. The number of nitrogens with zero attached hydrogens (tertiary/aromatic N) is 2. The van der Waals surface area contributed by atoms with Crippen molar-refractivity contribution in [3.63, 3.8) is 0 Å². The number of nitrogens with one attached hydrogen (secondary N) is 1. The highest BCUT2D eigenvalue weighted by Gasteiger charge is 2.17. The molecular formula is C24H33N3O4S. The summed E-state index contributed by atoms with van der Waals surface area (Å²) in [6.45, 7) is 6.14. The van der Waals surface area contributed by atoms with E-state index in [2.05, 4.69) is 17.1 Å². The van der Waals surface area contributed by atoms with Gasteiger partial charge in [-0.25, -0.2) is 12.7 Å². The molecule has 7 nitrogen and oxygen atoms in total. The summed E-state index contributed by atoms with van der Waals surface area (Å²) in [6, 6.07) is 14.0. The van der Waals surface area contributed by atoms with Crippen molar-refractivity contribution >= 4 is 15.9 Å². The van der Waals surface area contributed by atoms with E-state index >= 15 is 0 Å². The van der Waals surface area contributed by atoms with E-state index in [4.69, 9.17) is 4.74 Å². The standard InChI is InChI=1S/C24H33N3O4S/c1-19-5-4-15-27(17-19)18-20-6-8-21(9-7-20)24(28)25-14-16-31-22-10-12-23(13-11-22)32(29,30)26(2)3/h6-13,19H,4-5,14-18H2,1-3H3,(H,25,28)/t19-/m0/s1. The lowest BCUT2D eigenvalue weighted by Gasteiger charge is -2.30. The van der Waals surface area contributed by atoms with E-state index in [-0.39, 0.29) is 17.4 Å². The maximum atomic E-state index is 12.4. The largest absolute Gasteiger partial charge is 0.492 e. The highest BCUT2D eigenvalue weighted by molar-refractivity contribution is 7.89. The van der Waals surface area contributed by atoms with E-state index in [0.29, 0.717) is 17.9 Å². The summed E-state index contributed by atoms with van der Waals surface area (Å²) < 4.78 is 30.9. The van der Waals surface area contributed by atoms with Gasteiger partial charge in [0.05, 0.1) is 11.4 Å². The summed E-state index contributed by atoms with van der Waals surface area (Å²) in [5, 5.41) is 2.85. The Kier molecular flexibility index (Phi) is 8.28. The molecule has 1 saturated heterocycles. The second-order valence-electron chi connectivity index (χ2n) is 8.54. The van der Waals surface area contributed by atoms with Crippen LogP contribution in [0.1, 0.15) is 35.7 Å². The van der Waals surface area contributed by atoms with Gasteiger partial charge in [0, 0.05) is 32.7 Å². The van der Waals surface area contributed by atoms with Crippen LogP contribution in [-0.2, 0) is 16.6 Å². The lowest BCUT2D eigenvalue weighted by atomic mass is 9.99. The second kappa shape index (κ2) is 10.9. The van der Waals surface area contributed by atoms with Gasteiger partial charge in [-0.2, -0.15) is 0 Å². The Labute approximate surface area is 191 Å². The maximum Gasteiger partial charge on any atom is 0.251 e. The topological polar surface area (TPSA) is 79.0 Å². The fourth-order valence-electron chi connectivity index (χ4n) is 3.80. The number of amides is 1. The van der Waals surface area contributed by atoms with Crippen molar-refractivity contribution in [3.8, 4) is 5.75 Å². The molecule has 3 rings (SSSR count). The molecule has 0 saturated carbocycles. The van der Waals surface area contributed by atoms with Crippen molar-refractivity contribution in [2.45, 2.75) is 31.2 Å². The van der Waals surface area contributed by atoms with Crippen molar-refractivity contribution < 1.29 is 17.9 Å². The molecule has 1 N–H and O–H groups in total. The van der Waals surface area contributed by atoms with Gasteiger partial charge in [-0.1, -0.05) is 19.1 Å². The lowest BCUT2D eigenvalue weighted by Crippen LogP contribution is -2.33. The summed E-state index contributed by atoms with van der Waals surface area (Å²) in [6.07, 6.45) is 2.56. The average molecular weight is 460 g/mol. The molecule has 2 aromatic carbocycles. The molecule has 0 aliphatic carbocycles. The zero-order chi connectivity index (χ0) is 23.1. The Morgan fingerprint density at radius 1 is 1.12 bits per heavy atom. The van der Waals surface area contributed by atoms with Crippen LogP contribution in [0, 0.1) is 5.92 Å². The van der Waals surface area contributed by atoms with E-state index in [1.54, 1.807) is 12.1 Å². The number of benzene rings is 2. The van der Waals surface area contributed by atoms with Gasteiger partial charge in [0.25, 0.3) is 5.91 Å². The first kappa shape index (κ1) is 24.2.